The van der Waals surface area contributed by atoms with Gasteiger partial charge in [0.25, 0.3) is 0 Å². The van der Waals surface area contributed by atoms with Gasteiger partial charge in [0.15, 0.2) is 5.78 Å². The van der Waals surface area contributed by atoms with Crippen molar-refractivity contribution in [1.82, 2.24) is 10.2 Å². The summed E-state index contributed by atoms with van der Waals surface area (Å²) < 4.78 is 0. The van der Waals surface area contributed by atoms with Gasteiger partial charge in [0.05, 0.1) is 6.07 Å². The highest BCUT2D eigenvalue weighted by molar-refractivity contribution is 5.98. The highest BCUT2D eigenvalue weighted by Crippen LogP contribution is 2.27. The molecule has 1 N–H and O–H groups in total. The van der Waals surface area contributed by atoms with E-state index in [-0.39, 0.29) is 42.5 Å². The standard InChI is InChI=1S/C25H36N4O2.ClH/c1-19(2)25(31)21-4-3-5-23(18-21)29-16-14-28(15-17-29)13-11-20-6-8-22(9-7-20)27-24(30)10-12-26;/h3-5,18-20,22H,6-11,13-17H2,1-2H3,(H,27,30);1H. The van der Waals surface area contributed by atoms with Crippen LogP contribution >= 0.6 is 12.4 Å². The van der Waals surface area contributed by atoms with Crippen LogP contribution in [0, 0.1) is 23.2 Å². The van der Waals surface area contributed by atoms with E-state index in [1.54, 1.807) is 0 Å². The molecule has 1 amide bonds. The summed E-state index contributed by atoms with van der Waals surface area (Å²) >= 11 is 0. The quantitative estimate of drug-likeness (QED) is 0.592. The average Bonchev–Trinajstić information content (AvgIpc) is 2.78. The Morgan fingerprint density at radius 1 is 1.12 bits per heavy atom. The Morgan fingerprint density at radius 2 is 1.81 bits per heavy atom. The number of rotatable bonds is 8. The van der Waals surface area contributed by atoms with Gasteiger partial charge < -0.3 is 10.2 Å². The summed E-state index contributed by atoms with van der Waals surface area (Å²) in [6, 6.07) is 10.2. The van der Waals surface area contributed by atoms with Gasteiger partial charge in [0.1, 0.15) is 6.42 Å². The first-order valence-electron chi connectivity index (χ1n) is 11.7. The zero-order chi connectivity index (χ0) is 22.2. The Labute approximate surface area is 198 Å². The molecule has 2 aliphatic rings. The zero-order valence-electron chi connectivity index (χ0n) is 19.4. The van der Waals surface area contributed by atoms with Crippen molar-refractivity contribution in [3.8, 4) is 6.07 Å². The number of halogens is 1. The van der Waals surface area contributed by atoms with E-state index in [9.17, 15) is 9.59 Å². The molecule has 0 spiro atoms. The van der Waals surface area contributed by atoms with Crippen molar-refractivity contribution in [2.24, 2.45) is 11.8 Å². The lowest BCUT2D eigenvalue weighted by molar-refractivity contribution is -0.121. The maximum absolute atomic E-state index is 12.3. The summed E-state index contributed by atoms with van der Waals surface area (Å²) in [6.45, 7) is 9.14. The number of benzene rings is 1. The second kappa shape index (κ2) is 12.8. The molecule has 0 aromatic heterocycles. The van der Waals surface area contributed by atoms with Crippen LogP contribution in [0.25, 0.3) is 0 Å². The SMILES string of the molecule is CC(C)C(=O)c1cccc(N2CCN(CCC3CCC(NC(=O)CC#N)CC3)CC2)c1.Cl. The largest absolute Gasteiger partial charge is 0.369 e. The molecule has 176 valence electrons. The van der Waals surface area contributed by atoms with E-state index in [0.29, 0.717) is 0 Å². The van der Waals surface area contributed by atoms with Crippen molar-refractivity contribution < 1.29 is 9.59 Å². The lowest BCUT2D eigenvalue weighted by Crippen LogP contribution is -2.47. The van der Waals surface area contributed by atoms with Gasteiger partial charge in [0.2, 0.25) is 5.91 Å². The lowest BCUT2D eigenvalue weighted by atomic mass is 9.84. The fourth-order valence-electron chi connectivity index (χ4n) is 4.73. The topological polar surface area (TPSA) is 76.4 Å². The van der Waals surface area contributed by atoms with E-state index < -0.39 is 0 Å². The molecule has 1 aliphatic heterocycles. The van der Waals surface area contributed by atoms with Crippen LogP contribution in [0.15, 0.2) is 24.3 Å². The third-order valence-electron chi connectivity index (χ3n) is 6.70. The van der Waals surface area contributed by atoms with Gasteiger partial charge in [-0.3, -0.25) is 14.5 Å². The summed E-state index contributed by atoms with van der Waals surface area (Å²) in [7, 11) is 0. The average molecular weight is 461 g/mol. The van der Waals surface area contributed by atoms with Crippen molar-refractivity contribution in [3.63, 3.8) is 0 Å². The van der Waals surface area contributed by atoms with Crippen LogP contribution in [0.4, 0.5) is 5.69 Å². The zero-order valence-corrected chi connectivity index (χ0v) is 20.2. The minimum Gasteiger partial charge on any atom is -0.369 e. The Kier molecular flexibility index (Phi) is 10.5. The third-order valence-corrected chi connectivity index (χ3v) is 6.70. The number of nitrogens with zero attached hydrogens (tertiary/aromatic N) is 3. The molecular formula is C25H37ClN4O2. The molecular weight excluding hydrogens is 424 g/mol. The highest BCUT2D eigenvalue weighted by Gasteiger charge is 2.24. The maximum Gasteiger partial charge on any atom is 0.234 e. The van der Waals surface area contributed by atoms with Crippen LogP contribution in [-0.4, -0.2) is 55.4 Å². The Balaban J connectivity index is 0.00000363. The first-order valence-corrected chi connectivity index (χ1v) is 11.7. The first-order chi connectivity index (χ1) is 15.0. The number of piperazine rings is 1. The molecule has 0 unspecified atom stereocenters. The Hall–Kier alpha value is -2.10. The Morgan fingerprint density at radius 3 is 2.44 bits per heavy atom. The number of carbonyl (C=O) groups excluding carboxylic acids is 2. The number of nitriles is 1. The molecule has 1 aromatic carbocycles. The van der Waals surface area contributed by atoms with Gasteiger partial charge >= 0.3 is 0 Å². The highest BCUT2D eigenvalue weighted by atomic mass is 35.5. The van der Waals surface area contributed by atoms with Gasteiger partial charge in [-0.15, -0.1) is 12.4 Å². The van der Waals surface area contributed by atoms with Gasteiger partial charge in [-0.2, -0.15) is 5.26 Å². The first kappa shape index (κ1) is 26.2. The number of amides is 1. The minimum absolute atomic E-state index is 0. The molecule has 1 heterocycles. The lowest BCUT2D eigenvalue weighted by Gasteiger charge is -2.37. The number of carbonyl (C=O) groups is 2. The second-order valence-electron chi connectivity index (χ2n) is 9.31. The molecule has 2 fully saturated rings. The number of ketones is 1. The van der Waals surface area contributed by atoms with E-state index in [4.69, 9.17) is 5.26 Å². The number of anilines is 1. The third kappa shape index (κ3) is 7.50. The summed E-state index contributed by atoms with van der Waals surface area (Å²) in [5.41, 5.74) is 1.97. The molecule has 7 heteroatoms. The number of hydrogen-bond acceptors (Lipinski definition) is 5. The van der Waals surface area contributed by atoms with Crippen LogP contribution in [0.2, 0.25) is 0 Å². The molecule has 1 aliphatic carbocycles. The van der Waals surface area contributed by atoms with Crippen molar-refractivity contribution in [1.29, 1.82) is 5.26 Å². The number of nitrogens with one attached hydrogen (secondary N) is 1. The molecule has 0 atom stereocenters. The van der Waals surface area contributed by atoms with Crippen molar-refractivity contribution >= 4 is 29.8 Å². The van der Waals surface area contributed by atoms with Crippen LogP contribution in [-0.2, 0) is 4.79 Å². The predicted octanol–water partition coefficient (Wildman–Crippen LogP) is 4.05. The van der Waals surface area contributed by atoms with Crippen LogP contribution in [0.3, 0.4) is 0 Å². The fraction of sp³-hybridized carbons (Fsp3) is 0.640. The van der Waals surface area contributed by atoms with E-state index in [1.165, 1.54) is 6.42 Å². The Bertz CT molecular complexity index is 791. The van der Waals surface area contributed by atoms with Crippen LogP contribution in [0.5, 0.6) is 0 Å². The van der Waals surface area contributed by atoms with E-state index >= 15 is 0 Å². The second-order valence-corrected chi connectivity index (χ2v) is 9.31. The van der Waals surface area contributed by atoms with Crippen molar-refractivity contribution in [2.45, 2.75) is 58.4 Å². The molecule has 6 nitrogen and oxygen atoms in total. The smallest absolute Gasteiger partial charge is 0.234 e. The molecule has 1 aromatic rings. The molecule has 1 saturated heterocycles. The summed E-state index contributed by atoms with van der Waals surface area (Å²) in [5, 5.41) is 11.6. The normalized spacial score (nSPS) is 21.5. The molecule has 0 radical (unpaired) electrons. The number of hydrogen-bond donors (Lipinski definition) is 1. The number of Topliss-reactive ketones (excluding diaryl/α,β-unsaturated/α-hetero) is 1. The van der Waals surface area contributed by atoms with E-state index in [1.807, 2.05) is 38.1 Å². The fourth-order valence-corrected chi connectivity index (χ4v) is 4.73. The van der Waals surface area contributed by atoms with E-state index in [0.717, 1.165) is 75.6 Å². The van der Waals surface area contributed by atoms with Crippen molar-refractivity contribution in [3.05, 3.63) is 29.8 Å². The summed E-state index contributed by atoms with van der Waals surface area (Å²) in [6.07, 6.45) is 5.56. The maximum atomic E-state index is 12.3. The minimum atomic E-state index is -0.136. The molecule has 3 rings (SSSR count). The summed E-state index contributed by atoms with van der Waals surface area (Å²) in [4.78, 5) is 28.8. The van der Waals surface area contributed by atoms with Crippen LogP contribution in [0.1, 0.15) is 62.7 Å². The summed E-state index contributed by atoms with van der Waals surface area (Å²) in [5.74, 6) is 0.833. The van der Waals surface area contributed by atoms with Gasteiger partial charge in [0, 0.05) is 49.4 Å². The monoisotopic (exact) mass is 460 g/mol. The van der Waals surface area contributed by atoms with Gasteiger partial charge in [-0.25, -0.2) is 0 Å². The molecule has 0 bridgehead atoms. The van der Waals surface area contributed by atoms with Gasteiger partial charge in [-0.05, 0) is 56.7 Å². The van der Waals surface area contributed by atoms with Gasteiger partial charge in [-0.1, -0.05) is 26.0 Å². The molecule has 32 heavy (non-hydrogen) atoms. The van der Waals surface area contributed by atoms with Crippen molar-refractivity contribution in [2.75, 3.05) is 37.6 Å². The van der Waals surface area contributed by atoms with E-state index in [2.05, 4.69) is 21.2 Å². The molecule has 1 saturated carbocycles. The predicted molar refractivity (Wildman–Crippen MR) is 130 cm³/mol. The van der Waals surface area contributed by atoms with Crippen LogP contribution < -0.4 is 10.2 Å².